The molecule has 1 heterocycles. The molecule has 0 unspecified atom stereocenters. The van der Waals surface area contributed by atoms with Gasteiger partial charge in [-0.3, -0.25) is 0 Å². The number of nitrogens with zero attached hydrogens (tertiary/aromatic N) is 3. The predicted molar refractivity (Wildman–Crippen MR) is 59.3 cm³/mol. The molecule has 1 aromatic carbocycles. The topological polar surface area (TPSA) is 60.5 Å². The lowest BCUT2D eigenvalue weighted by Gasteiger charge is -1.97. The first kappa shape index (κ1) is 13.1. The average molecular weight is 271 g/mol. The Balaban J connectivity index is 2.32. The smallest absolute Gasteiger partial charge is 0.399 e. The second-order valence-electron chi connectivity index (χ2n) is 3.46. The van der Waals surface area contributed by atoms with Crippen molar-refractivity contribution in [2.24, 2.45) is 5.16 Å². The Morgan fingerprint density at radius 1 is 1.37 bits per heavy atom. The number of rotatable bonds is 3. The second-order valence-corrected chi connectivity index (χ2v) is 3.46. The van der Waals surface area contributed by atoms with Crippen molar-refractivity contribution < 1.29 is 22.5 Å². The van der Waals surface area contributed by atoms with Crippen LogP contribution in [0.4, 0.5) is 13.2 Å². The van der Waals surface area contributed by atoms with E-state index in [4.69, 9.17) is 0 Å². The summed E-state index contributed by atoms with van der Waals surface area (Å²) in [7, 11) is 1.38. The molecule has 2 rings (SSSR count). The predicted octanol–water partition coefficient (Wildman–Crippen LogP) is 2.74. The van der Waals surface area contributed by atoms with Gasteiger partial charge in [0.05, 0.1) is 6.21 Å². The van der Waals surface area contributed by atoms with Crippen molar-refractivity contribution in [1.82, 2.24) is 10.1 Å². The van der Waals surface area contributed by atoms with Gasteiger partial charge in [0, 0.05) is 5.56 Å². The Hall–Kier alpha value is -2.38. The van der Waals surface area contributed by atoms with Crippen LogP contribution in [0.15, 0.2) is 33.9 Å². The van der Waals surface area contributed by atoms with E-state index in [-0.39, 0.29) is 5.82 Å². The standard InChI is InChI=1S/C11H8F3N3O2/c1-18-15-6-7-3-2-4-8(5-7)9-16-10(19-17-9)11(12,13)14/h2-6H,1H3. The van der Waals surface area contributed by atoms with Crippen LogP contribution in [0, 0.1) is 0 Å². The first-order chi connectivity index (χ1) is 9.00. The Morgan fingerprint density at radius 3 is 2.79 bits per heavy atom. The fourth-order valence-corrected chi connectivity index (χ4v) is 1.33. The van der Waals surface area contributed by atoms with Crippen LogP contribution in [0.25, 0.3) is 11.4 Å². The number of halogens is 3. The molecule has 8 heteroatoms. The highest BCUT2D eigenvalue weighted by Crippen LogP contribution is 2.29. The number of hydrogen-bond acceptors (Lipinski definition) is 5. The average Bonchev–Trinajstić information content (AvgIpc) is 2.86. The summed E-state index contributed by atoms with van der Waals surface area (Å²) in [5.41, 5.74) is 1.03. The zero-order valence-corrected chi connectivity index (χ0v) is 9.68. The maximum absolute atomic E-state index is 12.3. The third-order valence-corrected chi connectivity index (χ3v) is 2.12. The number of hydrogen-bond donors (Lipinski definition) is 0. The minimum Gasteiger partial charge on any atom is -0.399 e. The summed E-state index contributed by atoms with van der Waals surface area (Å²) in [5, 5.41) is 6.84. The molecule has 0 aliphatic carbocycles. The van der Waals surface area contributed by atoms with E-state index < -0.39 is 12.1 Å². The van der Waals surface area contributed by atoms with Crippen molar-refractivity contribution in [1.29, 1.82) is 0 Å². The first-order valence-corrected chi connectivity index (χ1v) is 5.08. The molecule has 0 spiro atoms. The van der Waals surface area contributed by atoms with Crippen LogP contribution in [0.1, 0.15) is 11.5 Å². The van der Waals surface area contributed by atoms with Gasteiger partial charge in [-0.25, -0.2) is 0 Å². The summed E-state index contributed by atoms with van der Waals surface area (Å²) in [6.07, 6.45) is -3.24. The van der Waals surface area contributed by atoms with Crippen LogP contribution < -0.4 is 0 Å². The molecule has 0 bridgehead atoms. The van der Waals surface area contributed by atoms with Gasteiger partial charge in [-0.15, -0.1) is 0 Å². The van der Waals surface area contributed by atoms with Crippen molar-refractivity contribution in [3.8, 4) is 11.4 Å². The molecule has 100 valence electrons. The molecular weight excluding hydrogens is 263 g/mol. The molecule has 2 aromatic rings. The Kier molecular flexibility index (Phi) is 3.50. The Bertz CT molecular complexity index is 593. The molecule has 0 saturated carbocycles. The van der Waals surface area contributed by atoms with Gasteiger partial charge in [0.15, 0.2) is 0 Å². The van der Waals surface area contributed by atoms with Gasteiger partial charge in [0.2, 0.25) is 5.82 Å². The molecule has 0 fully saturated rings. The molecule has 19 heavy (non-hydrogen) atoms. The van der Waals surface area contributed by atoms with Gasteiger partial charge in [-0.2, -0.15) is 18.2 Å². The van der Waals surface area contributed by atoms with Gasteiger partial charge < -0.3 is 9.36 Å². The van der Waals surface area contributed by atoms with E-state index in [1.54, 1.807) is 24.3 Å². The quantitative estimate of drug-likeness (QED) is 0.636. The highest BCUT2D eigenvalue weighted by molar-refractivity contribution is 5.81. The Labute approximate surface area is 105 Å². The minimum absolute atomic E-state index is 0.139. The minimum atomic E-state index is -4.65. The molecule has 1 aromatic heterocycles. The zero-order chi connectivity index (χ0) is 13.9. The molecule has 0 radical (unpaired) electrons. The number of benzene rings is 1. The van der Waals surface area contributed by atoms with Gasteiger partial charge in [-0.1, -0.05) is 28.5 Å². The van der Waals surface area contributed by atoms with Crippen molar-refractivity contribution in [2.75, 3.05) is 7.11 Å². The highest BCUT2D eigenvalue weighted by Gasteiger charge is 2.38. The summed E-state index contributed by atoms with van der Waals surface area (Å²) in [4.78, 5) is 7.81. The van der Waals surface area contributed by atoms with Crippen LogP contribution in [-0.2, 0) is 11.0 Å². The maximum atomic E-state index is 12.3. The monoisotopic (exact) mass is 271 g/mol. The van der Waals surface area contributed by atoms with E-state index >= 15 is 0 Å². The molecule has 0 aliphatic heterocycles. The van der Waals surface area contributed by atoms with Crippen LogP contribution in [-0.4, -0.2) is 23.5 Å². The first-order valence-electron chi connectivity index (χ1n) is 5.08. The molecule has 5 nitrogen and oxygen atoms in total. The summed E-state index contributed by atoms with van der Waals surface area (Å²) in [6.45, 7) is 0. The van der Waals surface area contributed by atoms with Crippen LogP contribution in [0.5, 0.6) is 0 Å². The van der Waals surface area contributed by atoms with E-state index in [9.17, 15) is 13.2 Å². The summed E-state index contributed by atoms with van der Waals surface area (Å²) in [5.74, 6) is -1.52. The molecule has 0 N–H and O–H groups in total. The SMILES string of the molecule is CON=Cc1cccc(-c2noc(C(F)(F)F)n2)c1. The lowest BCUT2D eigenvalue weighted by molar-refractivity contribution is -0.159. The van der Waals surface area contributed by atoms with Crippen LogP contribution in [0.2, 0.25) is 0 Å². The summed E-state index contributed by atoms with van der Waals surface area (Å²) >= 11 is 0. The summed E-state index contributed by atoms with van der Waals surface area (Å²) in [6, 6.07) is 6.47. The van der Waals surface area contributed by atoms with Gasteiger partial charge in [0.1, 0.15) is 7.11 Å². The number of oxime groups is 1. The van der Waals surface area contributed by atoms with E-state index in [1.807, 2.05) is 0 Å². The van der Waals surface area contributed by atoms with Gasteiger partial charge in [0.25, 0.3) is 0 Å². The van der Waals surface area contributed by atoms with E-state index in [1.165, 1.54) is 13.3 Å². The molecule has 0 saturated heterocycles. The number of aromatic nitrogens is 2. The van der Waals surface area contributed by atoms with E-state index in [2.05, 4.69) is 24.7 Å². The fourth-order valence-electron chi connectivity index (χ4n) is 1.33. The fraction of sp³-hybridized carbons (Fsp3) is 0.182. The normalized spacial score (nSPS) is 12.0. The molecule has 0 atom stereocenters. The largest absolute Gasteiger partial charge is 0.471 e. The highest BCUT2D eigenvalue weighted by atomic mass is 19.4. The Morgan fingerprint density at radius 2 is 2.16 bits per heavy atom. The van der Waals surface area contributed by atoms with Gasteiger partial charge >= 0.3 is 12.1 Å². The van der Waals surface area contributed by atoms with Crippen LogP contribution in [0.3, 0.4) is 0 Å². The maximum Gasteiger partial charge on any atom is 0.471 e. The molecule has 0 amide bonds. The lowest BCUT2D eigenvalue weighted by atomic mass is 10.1. The van der Waals surface area contributed by atoms with Crippen molar-refractivity contribution in [3.63, 3.8) is 0 Å². The lowest BCUT2D eigenvalue weighted by Crippen LogP contribution is -2.04. The second kappa shape index (κ2) is 5.09. The number of alkyl halides is 3. The van der Waals surface area contributed by atoms with Crippen molar-refractivity contribution in [2.45, 2.75) is 6.18 Å². The molecular formula is C11H8F3N3O2. The van der Waals surface area contributed by atoms with E-state index in [0.29, 0.717) is 11.1 Å². The van der Waals surface area contributed by atoms with Crippen molar-refractivity contribution >= 4 is 6.21 Å². The van der Waals surface area contributed by atoms with Crippen LogP contribution >= 0.6 is 0 Å². The molecule has 0 aliphatic rings. The van der Waals surface area contributed by atoms with E-state index in [0.717, 1.165) is 0 Å². The summed E-state index contributed by atoms with van der Waals surface area (Å²) < 4.78 is 41.1. The third kappa shape index (κ3) is 3.09. The van der Waals surface area contributed by atoms with Gasteiger partial charge in [-0.05, 0) is 11.6 Å². The zero-order valence-electron chi connectivity index (χ0n) is 9.68. The third-order valence-electron chi connectivity index (χ3n) is 2.12. The van der Waals surface area contributed by atoms with Crippen molar-refractivity contribution in [3.05, 3.63) is 35.7 Å².